The van der Waals surface area contributed by atoms with Gasteiger partial charge in [-0.1, -0.05) is 18.7 Å². The molecule has 1 aromatic heterocycles. The first-order valence-electron chi connectivity index (χ1n) is 7.13. The van der Waals surface area contributed by atoms with Crippen LogP contribution < -0.4 is 14.8 Å². The fourth-order valence-corrected chi connectivity index (χ4v) is 2.42. The van der Waals surface area contributed by atoms with E-state index in [4.69, 9.17) is 13.9 Å². The predicted molar refractivity (Wildman–Crippen MR) is 87.2 cm³/mol. The third-order valence-corrected chi connectivity index (χ3v) is 3.74. The Kier molecular flexibility index (Phi) is 6.28. The van der Waals surface area contributed by atoms with E-state index < -0.39 is 0 Å². The number of ether oxygens (including phenoxy) is 2. The molecule has 0 aliphatic rings. The van der Waals surface area contributed by atoms with E-state index in [1.807, 2.05) is 6.92 Å². The second-order valence-corrected chi connectivity index (χ2v) is 5.54. The van der Waals surface area contributed by atoms with E-state index >= 15 is 0 Å². The molecular weight excluding hydrogens is 318 g/mol. The van der Waals surface area contributed by atoms with Crippen LogP contribution in [0.1, 0.15) is 19.2 Å². The fourth-order valence-electron chi connectivity index (χ4n) is 1.84. The normalized spacial score (nSPS) is 10.4. The number of carbonyl (C=O) groups is 1. The van der Waals surface area contributed by atoms with Crippen molar-refractivity contribution in [2.45, 2.75) is 25.0 Å². The molecule has 1 N–H and O–H groups in total. The first-order chi connectivity index (χ1) is 11.2. The van der Waals surface area contributed by atoms with Crippen molar-refractivity contribution in [1.82, 2.24) is 10.2 Å². The molecule has 0 saturated heterocycles. The number of hydrogen-bond acceptors (Lipinski definition) is 7. The molecule has 1 aromatic carbocycles. The number of methoxy groups -OCH3 is 2. The topological polar surface area (TPSA) is 86.5 Å². The van der Waals surface area contributed by atoms with Gasteiger partial charge in [-0.15, -0.1) is 10.2 Å². The number of nitrogens with zero attached hydrogens (tertiary/aromatic N) is 2. The Balaban J connectivity index is 1.93. The molecule has 2 aromatic rings. The maximum absolute atomic E-state index is 12.1. The molecule has 1 amide bonds. The Morgan fingerprint density at radius 2 is 2.13 bits per heavy atom. The maximum atomic E-state index is 12.1. The van der Waals surface area contributed by atoms with Crippen LogP contribution in [0.15, 0.2) is 27.8 Å². The number of amides is 1. The number of hydrogen-bond donors (Lipinski definition) is 1. The van der Waals surface area contributed by atoms with Gasteiger partial charge in [-0.25, -0.2) is 0 Å². The predicted octanol–water partition coefficient (Wildman–Crippen LogP) is 2.77. The van der Waals surface area contributed by atoms with E-state index in [9.17, 15) is 4.79 Å². The molecule has 124 valence electrons. The molecular formula is C15H19N3O4S. The molecule has 0 aliphatic heterocycles. The number of benzene rings is 1. The lowest BCUT2D eigenvalue weighted by molar-refractivity contribution is -0.113. The number of nitrogens with one attached hydrogen (secondary N) is 1. The Morgan fingerprint density at radius 1 is 1.30 bits per heavy atom. The lowest BCUT2D eigenvalue weighted by atomic mass is 10.2. The summed E-state index contributed by atoms with van der Waals surface area (Å²) in [5, 5.41) is 11.0. The van der Waals surface area contributed by atoms with Gasteiger partial charge in [-0.05, 0) is 18.6 Å². The van der Waals surface area contributed by atoms with Crippen LogP contribution >= 0.6 is 11.8 Å². The minimum Gasteiger partial charge on any atom is -0.497 e. The second kappa shape index (κ2) is 8.42. The first-order valence-corrected chi connectivity index (χ1v) is 8.11. The molecule has 0 saturated carbocycles. The average molecular weight is 337 g/mol. The summed E-state index contributed by atoms with van der Waals surface area (Å²) in [6.07, 6.45) is 1.67. The molecule has 0 radical (unpaired) electrons. The SMILES string of the molecule is CCCc1nnc(SCC(=O)Nc2cc(OC)ccc2OC)o1. The van der Waals surface area contributed by atoms with Crippen molar-refractivity contribution in [3.8, 4) is 11.5 Å². The maximum Gasteiger partial charge on any atom is 0.277 e. The molecule has 7 nitrogen and oxygen atoms in total. The van der Waals surface area contributed by atoms with Crippen molar-refractivity contribution in [1.29, 1.82) is 0 Å². The molecule has 0 bridgehead atoms. The first kappa shape index (κ1) is 17.1. The van der Waals surface area contributed by atoms with E-state index in [-0.39, 0.29) is 11.7 Å². The van der Waals surface area contributed by atoms with Gasteiger partial charge in [-0.2, -0.15) is 0 Å². The van der Waals surface area contributed by atoms with E-state index in [2.05, 4.69) is 15.5 Å². The number of thioether (sulfide) groups is 1. The zero-order valence-electron chi connectivity index (χ0n) is 13.3. The minimum absolute atomic E-state index is 0.161. The van der Waals surface area contributed by atoms with Gasteiger partial charge in [0.05, 0.1) is 25.7 Å². The monoisotopic (exact) mass is 337 g/mol. The summed E-state index contributed by atoms with van der Waals surface area (Å²) in [5.74, 6) is 1.75. The third-order valence-electron chi connectivity index (χ3n) is 2.92. The quantitative estimate of drug-likeness (QED) is 0.741. The lowest BCUT2D eigenvalue weighted by Crippen LogP contribution is -2.14. The summed E-state index contributed by atoms with van der Waals surface area (Å²) in [7, 11) is 3.10. The van der Waals surface area contributed by atoms with Gasteiger partial charge in [0.2, 0.25) is 11.8 Å². The third kappa shape index (κ3) is 4.88. The largest absolute Gasteiger partial charge is 0.497 e. The number of rotatable bonds is 8. The minimum atomic E-state index is -0.197. The molecule has 0 fully saturated rings. The highest BCUT2D eigenvalue weighted by atomic mass is 32.2. The summed E-state index contributed by atoms with van der Waals surface area (Å²) in [5.41, 5.74) is 0.551. The van der Waals surface area contributed by atoms with Crippen LogP contribution in [0.5, 0.6) is 11.5 Å². The van der Waals surface area contributed by atoms with Gasteiger partial charge >= 0.3 is 0 Å². The zero-order valence-corrected chi connectivity index (χ0v) is 14.1. The van der Waals surface area contributed by atoms with Crippen LogP contribution in [-0.2, 0) is 11.2 Å². The van der Waals surface area contributed by atoms with E-state index in [1.165, 1.54) is 11.8 Å². The van der Waals surface area contributed by atoms with Crippen LogP contribution in [0.4, 0.5) is 5.69 Å². The van der Waals surface area contributed by atoms with Crippen molar-refractivity contribution >= 4 is 23.4 Å². The fraction of sp³-hybridized carbons (Fsp3) is 0.400. The molecule has 0 spiro atoms. The van der Waals surface area contributed by atoms with Crippen LogP contribution in [0.2, 0.25) is 0 Å². The van der Waals surface area contributed by atoms with Crippen molar-refractivity contribution in [2.75, 3.05) is 25.3 Å². The van der Waals surface area contributed by atoms with Crippen molar-refractivity contribution in [3.05, 3.63) is 24.1 Å². The van der Waals surface area contributed by atoms with Crippen molar-refractivity contribution < 1.29 is 18.7 Å². The number of aromatic nitrogens is 2. The molecule has 1 heterocycles. The molecule has 8 heteroatoms. The Hall–Kier alpha value is -2.22. The summed E-state index contributed by atoms with van der Waals surface area (Å²) >= 11 is 1.19. The average Bonchev–Trinajstić information content (AvgIpc) is 3.01. The van der Waals surface area contributed by atoms with Crippen molar-refractivity contribution in [2.24, 2.45) is 0 Å². The highest BCUT2D eigenvalue weighted by Crippen LogP contribution is 2.29. The Bertz CT molecular complexity index is 660. The highest BCUT2D eigenvalue weighted by Gasteiger charge is 2.12. The molecule has 2 rings (SSSR count). The van der Waals surface area contributed by atoms with Crippen LogP contribution in [0.3, 0.4) is 0 Å². The van der Waals surface area contributed by atoms with Gasteiger partial charge in [0, 0.05) is 12.5 Å². The zero-order chi connectivity index (χ0) is 16.7. The lowest BCUT2D eigenvalue weighted by Gasteiger charge is -2.11. The van der Waals surface area contributed by atoms with Crippen molar-refractivity contribution in [3.63, 3.8) is 0 Å². The Morgan fingerprint density at radius 3 is 2.83 bits per heavy atom. The molecule has 23 heavy (non-hydrogen) atoms. The van der Waals surface area contributed by atoms with E-state index in [1.54, 1.807) is 32.4 Å². The number of carbonyl (C=O) groups excluding carboxylic acids is 1. The number of anilines is 1. The molecule has 0 aliphatic carbocycles. The second-order valence-electron chi connectivity index (χ2n) is 4.61. The Labute approximate surface area is 138 Å². The van der Waals surface area contributed by atoms with Crippen LogP contribution in [0, 0.1) is 0 Å². The number of aryl methyl sites for hydroxylation is 1. The van der Waals surface area contributed by atoms with Gasteiger partial charge in [0.1, 0.15) is 11.5 Å². The van der Waals surface area contributed by atoms with Gasteiger partial charge < -0.3 is 19.2 Å². The summed E-state index contributed by atoms with van der Waals surface area (Å²) in [4.78, 5) is 12.1. The smallest absolute Gasteiger partial charge is 0.277 e. The van der Waals surface area contributed by atoms with Gasteiger partial charge in [0.15, 0.2) is 0 Å². The molecule has 0 atom stereocenters. The van der Waals surface area contributed by atoms with Gasteiger partial charge in [-0.3, -0.25) is 4.79 Å². The van der Waals surface area contributed by atoms with E-state index in [0.29, 0.717) is 28.3 Å². The summed E-state index contributed by atoms with van der Waals surface area (Å²) in [6.45, 7) is 2.03. The van der Waals surface area contributed by atoms with Gasteiger partial charge in [0.25, 0.3) is 5.22 Å². The van der Waals surface area contributed by atoms with Crippen LogP contribution in [0.25, 0.3) is 0 Å². The van der Waals surface area contributed by atoms with Crippen LogP contribution in [-0.4, -0.2) is 36.1 Å². The standard InChI is InChI=1S/C15H19N3O4S/c1-4-5-14-17-18-15(22-14)23-9-13(19)16-11-8-10(20-2)6-7-12(11)21-3/h6-8H,4-5,9H2,1-3H3,(H,16,19). The summed E-state index contributed by atoms with van der Waals surface area (Å²) in [6, 6.07) is 5.20. The highest BCUT2D eigenvalue weighted by molar-refractivity contribution is 7.99. The summed E-state index contributed by atoms with van der Waals surface area (Å²) < 4.78 is 15.8. The molecule has 0 unspecified atom stereocenters. The van der Waals surface area contributed by atoms with E-state index in [0.717, 1.165) is 12.8 Å².